The van der Waals surface area contributed by atoms with Crippen LogP contribution >= 0.6 is 15.9 Å². The number of likely N-dealkylation sites (N-methyl/N-ethyl adjacent to an activating group) is 1. The quantitative estimate of drug-likeness (QED) is 0.769. The Morgan fingerprint density at radius 1 is 1.31 bits per heavy atom. The Morgan fingerprint density at radius 3 is 2.69 bits per heavy atom. The average molecular weight is 287 g/mol. The molecule has 88 valence electrons. The first-order valence-electron chi connectivity index (χ1n) is 5.26. The summed E-state index contributed by atoms with van der Waals surface area (Å²) in [6.07, 6.45) is 2.48. The SMILES string of the molecule is CN1CCN(c2nn(C)cc2Br)CCC1=O. The maximum absolute atomic E-state index is 11.5. The van der Waals surface area contributed by atoms with Crippen molar-refractivity contribution in [3.63, 3.8) is 0 Å². The van der Waals surface area contributed by atoms with Crippen LogP contribution in [0, 0.1) is 0 Å². The van der Waals surface area contributed by atoms with Gasteiger partial charge in [0.25, 0.3) is 0 Å². The molecular formula is C10H15BrN4O. The predicted molar refractivity (Wildman–Crippen MR) is 65.4 cm³/mol. The van der Waals surface area contributed by atoms with Gasteiger partial charge in [-0.2, -0.15) is 5.10 Å². The molecule has 0 N–H and O–H groups in total. The molecular weight excluding hydrogens is 272 g/mol. The molecule has 0 atom stereocenters. The molecule has 0 bridgehead atoms. The minimum atomic E-state index is 0.203. The van der Waals surface area contributed by atoms with Gasteiger partial charge in [-0.3, -0.25) is 9.48 Å². The molecule has 1 aromatic heterocycles. The molecule has 0 saturated carbocycles. The topological polar surface area (TPSA) is 41.4 Å². The van der Waals surface area contributed by atoms with Gasteiger partial charge in [-0.05, 0) is 15.9 Å². The number of halogens is 1. The molecule has 1 amide bonds. The van der Waals surface area contributed by atoms with E-state index in [-0.39, 0.29) is 5.91 Å². The van der Waals surface area contributed by atoms with Crippen LogP contribution < -0.4 is 4.90 Å². The molecule has 2 rings (SSSR count). The highest BCUT2D eigenvalue weighted by Gasteiger charge is 2.21. The second-order valence-electron chi connectivity index (χ2n) is 4.03. The van der Waals surface area contributed by atoms with E-state index in [0.29, 0.717) is 6.42 Å². The third-order valence-electron chi connectivity index (χ3n) is 2.79. The van der Waals surface area contributed by atoms with Crippen LogP contribution in [0.25, 0.3) is 0 Å². The summed E-state index contributed by atoms with van der Waals surface area (Å²) in [7, 11) is 3.74. The van der Waals surface area contributed by atoms with Crippen LogP contribution in [0.1, 0.15) is 6.42 Å². The molecule has 1 aromatic rings. The number of aromatic nitrogens is 2. The van der Waals surface area contributed by atoms with E-state index in [2.05, 4.69) is 25.9 Å². The zero-order chi connectivity index (χ0) is 11.7. The van der Waals surface area contributed by atoms with Crippen molar-refractivity contribution in [1.29, 1.82) is 0 Å². The molecule has 5 nitrogen and oxygen atoms in total. The van der Waals surface area contributed by atoms with Gasteiger partial charge in [0.05, 0.1) is 4.47 Å². The van der Waals surface area contributed by atoms with E-state index in [1.807, 2.05) is 20.3 Å². The lowest BCUT2D eigenvalue weighted by atomic mass is 10.3. The summed E-state index contributed by atoms with van der Waals surface area (Å²) in [6, 6.07) is 0. The Balaban J connectivity index is 2.16. The van der Waals surface area contributed by atoms with Gasteiger partial charge >= 0.3 is 0 Å². The summed E-state index contributed by atoms with van der Waals surface area (Å²) in [5, 5.41) is 4.39. The first-order valence-corrected chi connectivity index (χ1v) is 6.05. The average Bonchev–Trinajstić information content (AvgIpc) is 2.47. The van der Waals surface area contributed by atoms with Gasteiger partial charge in [0.1, 0.15) is 0 Å². The minimum Gasteiger partial charge on any atom is -0.352 e. The summed E-state index contributed by atoms with van der Waals surface area (Å²) in [5.41, 5.74) is 0. The van der Waals surface area contributed by atoms with E-state index < -0.39 is 0 Å². The van der Waals surface area contributed by atoms with Crippen molar-refractivity contribution in [3.05, 3.63) is 10.7 Å². The molecule has 1 saturated heterocycles. The third-order valence-corrected chi connectivity index (χ3v) is 3.35. The number of hydrogen-bond acceptors (Lipinski definition) is 3. The van der Waals surface area contributed by atoms with Crippen LogP contribution in [-0.4, -0.2) is 47.3 Å². The molecule has 0 radical (unpaired) electrons. The summed E-state index contributed by atoms with van der Waals surface area (Å²) >= 11 is 3.48. The summed E-state index contributed by atoms with van der Waals surface area (Å²) in [4.78, 5) is 15.5. The van der Waals surface area contributed by atoms with E-state index >= 15 is 0 Å². The van der Waals surface area contributed by atoms with Gasteiger partial charge in [-0.1, -0.05) is 0 Å². The molecule has 0 aliphatic carbocycles. The second kappa shape index (κ2) is 4.45. The van der Waals surface area contributed by atoms with Crippen LogP contribution in [0.2, 0.25) is 0 Å². The Labute approximate surface area is 103 Å². The van der Waals surface area contributed by atoms with Crippen molar-refractivity contribution in [2.24, 2.45) is 7.05 Å². The van der Waals surface area contributed by atoms with Crippen LogP contribution in [-0.2, 0) is 11.8 Å². The van der Waals surface area contributed by atoms with Gasteiger partial charge in [0.2, 0.25) is 5.91 Å². The lowest BCUT2D eigenvalue weighted by Crippen LogP contribution is -2.30. The van der Waals surface area contributed by atoms with Crippen LogP contribution in [0.5, 0.6) is 0 Å². The van der Waals surface area contributed by atoms with Crippen molar-refractivity contribution in [3.8, 4) is 0 Å². The first kappa shape index (κ1) is 11.4. The summed E-state index contributed by atoms with van der Waals surface area (Å²) < 4.78 is 2.75. The maximum Gasteiger partial charge on any atom is 0.224 e. The third kappa shape index (κ3) is 2.21. The van der Waals surface area contributed by atoms with Crippen LogP contribution in [0.4, 0.5) is 5.82 Å². The van der Waals surface area contributed by atoms with Crippen LogP contribution in [0.15, 0.2) is 10.7 Å². The minimum absolute atomic E-state index is 0.203. The van der Waals surface area contributed by atoms with E-state index in [1.165, 1.54) is 0 Å². The molecule has 1 aliphatic heterocycles. The normalized spacial score (nSPS) is 17.8. The second-order valence-corrected chi connectivity index (χ2v) is 4.88. The predicted octanol–water partition coefficient (Wildman–Crippen LogP) is 0.851. The Kier molecular flexibility index (Phi) is 3.18. The highest BCUT2D eigenvalue weighted by Crippen LogP contribution is 2.24. The number of carbonyl (C=O) groups is 1. The van der Waals surface area contributed by atoms with Gasteiger partial charge in [-0.25, -0.2) is 0 Å². The highest BCUT2D eigenvalue weighted by molar-refractivity contribution is 9.10. The van der Waals surface area contributed by atoms with E-state index in [0.717, 1.165) is 29.9 Å². The Bertz CT molecular complexity index is 404. The molecule has 1 aliphatic rings. The van der Waals surface area contributed by atoms with Crippen molar-refractivity contribution in [2.45, 2.75) is 6.42 Å². The van der Waals surface area contributed by atoms with Gasteiger partial charge in [0.15, 0.2) is 5.82 Å². The number of amides is 1. The standard InChI is InChI=1S/C10H15BrN4O/c1-13-5-6-15(4-3-9(13)16)10-8(11)7-14(2)12-10/h7H,3-6H2,1-2H3. The van der Waals surface area contributed by atoms with Crippen molar-refractivity contribution >= 4 is 27.7 Å². The van der Waals surface area contributed by atoms with Gasteiger partial charge in [-0.15, -0.1) is 0 Å². The zero-order valence-electron chi connectivity index (χ0n) is 9.48. The number of nitrogens with zero attached hydrogens (tertiary/aromatic N) is 4. The van der Waals surface area contributed by atoms with E-state index in [4.69, 9.17) is 0 Å². The van der Waals surface area contributed by atoms with Crippen molar-refractivity contribution in [1.82, 2.24) is 14.7 Å². The number of hydrogen-bond donors (Lipinski definition) is 0. The van der Waals surface area contributed by atoms with E-state index in [1.54, 1.807) is 9.58 Å². The Hall–Kier alpha value is -1.04. The molecule has 0 aromatic carbocycles. The zero-order valence-corrected chi connectivity index (χ0v) is 11.1. The molecule has 1 fully saturated rings. The Morgan fingerprint density at radius 2 is 2.06 bits per heavy atom. The molecule has 16 heavy (non-hydrogen) atoms. The number of anilines is 1. The lowest BCUT2D eigenvalue weighted by molar-refractivity contribution is -0.129. The smallest absolute Gasteiger partial charge is 0.224 e. The summed E-state index contributed by atoms with van der Waals surface area (Å²) in [5.74, 6) is 1.13. The fourth-order valence-corrected chi connectivity index (χ4v) is 2.43. The largest absolute Gasteiger partial charge is 0.352 e. The monoisotopic (exact) mass is 286 g/mol. The molecule has 0 spiro atoms. The van der Waals surface area contributed by atoms with Gasteiger partial charge < -0.3 is 9.80 Å². The van der Waals surface area contributed by atoms with Crippen LogP contribution in [0.3, 0.4) is 0 Å². The lowest BCUT2D eigenvalue weighted by Gasteiger charge is -2.20. The summed E-state index contributed by atoms with van der Waals surface area (Å²) in [6.45, 7) is 2.32. The van der Waals surface area contributed by atoms with Crippen molar-refractivity contribution in [2.75, 3.05) is 31.6 Å². The number of aryl methyl sites for hydroxylation is 1. The maximum atomic E-state index is 11.5. The van der Waals surface area contributed by atoms with E-state index in [9.17, 15) is 4.79 Å². The van der Waals surface area contributed by atoms with Crippen molar-refractivity contribution < 1.29 is 4.79 Å². The molecule has 2 heterocycles. The fraction of sp³-hybridized carbons (Fsp3) is 0.600. The molecule has 6 heteroatoms. The number of rotatable bonds is 1. The fourth-order valence-electron chi connectivity index (χ4n) is 1.80. The van der Waals surface area contributed by atoms with Gasteiger partial charge in [0, 0.05) is 46.3 Å². The highest BCUT2D eigenvalue weighted by atomic mass is 79.9. The first-order chi connectivity index (χ1) is 7.58. The molecule has 0 unspecified atom stereocenters. The number of carbonyl (C=O) groups excluding carboxylic acids is 1.